The maximum Gasteiger partial charge on any atom is 0.315 e. The second-order valence-electron chi connectivity index (χ2n) is 5.91. The van der Waals surface area contributed by atoms with Crippen molar-refractivity contribution in [3.05, 3.63) is 44.9 Å². The molecule has 4 nitrogen and oxygen atoms in total. The summed E-state index contributed by atoms with van der Waals surface area (Å²) in [6, 6.07) is 7.13. The minimum Gasteiger partial charge on any atom is -0.462 e. The number of thiophene rings is 1. The summed E-state index contributed by atoms with van der Waals surface area (Å²) in [7, 11) is 0. The fraction of sp³-hybridized carbons (Fsp3) is 0.412. The van der Waals surface area contributed by atoms with Crippen molar-refractivity contribution in [2.75, 3.05) is 0 Å². The third-order valence-corrected chi connectivity index (χ3v) is 5.14. The third kappa shape index (κ3) is 3.21. The fourth-order valence-corrected chi connectivity index (χ4v) is 3.94. The summed E-state index contributed by atoms with van der Waals surface area (Å²) < 4.78 is 7.90. The molecular weight excluding hydrogens is 334 g/mol. The molecule has 3 heterocycles. The Bertz CT molecular complexity index is 747. The van der Waals surface area contributed by atoms with Gasteiger partial charge in [-0.2, -0.15) is 0 Å². The van der Waals surface area contributed by atoms with Crippen LogP contribution in [0.3, 0.4) is 0 Å². The van der Waals surface area contributed by atoms with Crippen molar-refractivity contribution in [2.24, 2.45) is 0 Å². The van der Waals surface area contributed by atoms with Crippen LogP contribution in [0.5, 0.6) is 0 Å². The molecule has 1 aliphatic heterocycles. The van der Waals surface area contributed by atoms with Crippen LogP contribution in [0, 0.1) is 0 Å². The number of halogens is 1. The van der Waals surface area contributed by atoms with E-state index >= 15 is 0 Å². The summed E-state index contributed by atoms with van der Waals surface area (Å²) in [6.07, 6.45) is 1.47. The zero-order valence-electron chi connectivity index (χ0n) is 13.0. The summed E-state index contributed by atoms with van der Waals surface area (Å²) in [5, 5.41) is 0. The number of ketones is 1. The molecule has 0 saturated carbocycles. The first-order valence-corrected chi connectivity index (χ1v) is 8.86. The van der Waals surface area contributed by atoms with Crippen molar-refractivity contribution in [3.63, 3.8) is 0 Å². The number of fused-ring (bicyclic) bond motifs is 1. The predicted octanol–water partition coefficient (Wildman–Crippen LogP) is 4.26. The van der Waals surface area contributed by atoms with Gasteiger partial charge in [0.2, 0.25) is 5.78 Å². The van der Waals surface area contributed by atoms with Crippen molar-refractivity contribution in [3.8, 4) is 0 Å². The summed E-state index contributed by atoms with van der Waals surface area (Å²) in [5.41, 5.74) is 1.48. The second kappa shape index (κ2) is 6.49. The van der Waals surface area contributed by atoms with E-state index in [0.717, 1.165) is 25.1 Å². The van der Waals surface area contributed by atoms with Crippen LogP contribution in [-0.4, -0.2) is 22.4 Å². The van der Waals surface area contributed by atoms with Crippen molar-refractivity contribution < 1.29 is 14.3 Å². The molecule has 0 aromatic carbocycles. The lowest BCUT2D eigenvalue weighted by molar-refractivity contribution is -0.149. The van der Waals surface area contributed by atoms with Crippen molar-refractivity contribution in [1.82, 2.24) is 4.57 Å². The molecule has 2 aromatic rings. The summed E-state index contributed by atoms with van der Waals surface area (Å²) in [4.78, 5) is 25.6. The number of hydrogen-bond donors (Lipinski definition) is 0. The van der Waals surface area contributed by atoms with Crippen molar-refractivity contribution >= 4 is 34.7 Å². The van der Waals surface area contributed by atoms with Crippen molar-refractivity contribution in [2.45, 2.75) is 45.3 Å². The van der Waals surface area contributed by atoms with E-state index in [1.54, 1.807) is 18.2 Å². The van der Waals surface area contributed by atoms with E-state index in [9.17, 15) is 9.59 Å². The van der Waals surface area contributed by atoms with Gasteiger partial charge < -0.3 is 9.30 Å². The molecule has 0 radical (unpaired) electrons. The largest absolute Gasteiger partial charge is 0.462 e. The first kappa shape index (κ1) is 16.3. The molecule has 0 aliphatic carbocycles. The molecule has 1 aliphatic rings. The smallest absolute Gasteiger partial charge is 0.315 e. The third-order valence-electron chi connectivity index (χ3n) is 3.91. The zero-order chi connectivity index (χ0) is 16.6. The molecule has 3 rings (SSSR count). The highest BCUT2D eigenvalue weighted by Gasteiger charge is 2.31. The van der Waals surface area contributed by atoms with Crippen LogP contribution >= 0.6 is 22.9 Å². The molecule has 0 spiro atoms. The predicted molar refractivity (Wildman–Crippen MR) is 90.4 cm³/mol. The minimum atomic E-state index is -0.292. The number of hydrogen-bond acceptors (Lipinski definition) is 4. The number of carbonyl (C=O) groups excluding carboxylic acids is 2. The Kier molecular flexibility index (Phi) is 4.60. The maximum absolute atomic E-state index is 12.7. The molecule has 1 atom stereocenters. The van der Waals surface area contributed by atoms with E-state index in [1.165, 1.54) is 11.3 Å². The standard InChI is InChI=1S/C17H18ClNO3S/c1-10(2)22-17(21)11-4-3-9-19-12(11)5-6-13(19)16(20)14-7-8-15(18)23-14/h5-8,10-11H,3-4,9H2,1-2H3. The molecule has 1 unspecified atom stereocenters. The highest BCUT2D eigenvalue weighted by molar-refractivity contribution is 7.18. The average molecular weight is 352 g/mol. The molecule has 0 N–H and O–H groups in total. The Morgan fingerprint density at radius 1 is 1.30 bits per heavy atom. The Hall–Kier alpha value is -1.59. The Morgan fingerprint density at radius 3 is 2.74 bits per heavy atom. The van der Waals surface area contributed by atoms with Gasteiger partial charge in [0.1, 0.15) is 0 Å². The Morgan fingerprint density at radius 2 is 2.09 bits per heavy atom. The number of rotatable bonds is 4. The van der Waals surface area contributed by atoms with E-state index in [4.69, 9.17) is 16.3 Å². The van der Waals surface area contributed by atoms with Gasteiger partial charge >= 0.3 is 5.97 Å². The van der Waals surface area contributed by atoms with Crippen LogP contribution in [0.2, 0.25) is 4.34 Å². The van der Waals surface area contributed by atoms with Gasteiger partial charge in [-0.15, -0.1) is 11.3 Å². The average Bonchev–Trinajstić information content (AvgIpc) is 3.11. The molecular formula is C17H18ClNO3S. The lowest BCUT2D eigenvalue weighted by Gasteiger charge is -2.25. The van der Waals surface area contributed by atoms with Crippen LogP contribution in [0.25, 0.3) is 0 Å². The summed E-state index contributed by atoms with van der Waals surface area (Å²) in [5.74, 6) is -0.553. The first-order valence-electron chi connectivity index (χ1n) is 7.67. The summed E-state index contributed by atoms with van der Waals surface area (Å²) >= 11 is 7.19. The van der Waals surface area contributed by atoms with Crippen LogP contribution in [0.15, 0.2) is 24.3 Å². The van der Waals surface area contributed by atoms with Gasteiger partial charge in [-0.1, -0.05) is 11.6 Å². The highest BCUT2D eigenvalue weighted by atomic mass is 35.5. The van der Waals surface area contributed by atoms with Crippen LogP contribution < -0.4 is 0 Å². The quantitative estimate of drug-likeness (QED) is 0.610. The number of ether oxygens (including phenoxy) is 1. The molecule has 0 fully saturated rings. The van der Waals surface area contributed by atoms with Gasteiger partial charge in [-0.25, -0.2) is 0 Å². The van der Waals surface area contributed by atoms with E-state index in [0.29, 0.717) is 14.9 Å². The maximum atomic E-state index is 12.7. The van der Waals surface area contributed by atoms with Gasteiger partial charge in [0.25, 0.3) is 0 Å². The molecule has 2 aromatic heterocycles. The Balaban J connectivity index is 1.91. The normalized spacial score (nSPS) is 17.1. The van der Waals surface area contributed by atoms with Crippen LogP contribution in [0.4, 0.5) is 0 Å². The molecule has 0 saturated heterocycles. The van der Waals surface area contributed by atoms with Crippen LogP contribution in [-0.2, 0) is 16.1 Å². The van der Waals surface area contributed by atoms with Crippen LogP contribution in [0.1, 0.15) is 53.7 Å². The monoisotopic (exact) mass is 351 g/mol. The minimum absolute atomic E-state index is 0.0500. The number of aromatic nitrogens is 1. The zero-order valence-corrected chi connectivity index (χ0v) is 14.6. The van der Waals surface area contributed by atoms with E-state index < -0.39 is 0 Å². The highest BCUT2D eigenvalue weighted by Crippen LogP contribution is 2.32. The van der Waals surface area contributed by atoms with E-state index in [2.05, 4.69) is 0 Å². The van der Waals surface area contributed by atoms with Gasteiger partial charge in [0.15, 0.2) is 0 Å². The van der Waals surface area contributed by atoms with E-state index in [1.807, 2.05) is 24.5 Å². The summed E-state index contributed by atoms with van der Waals surface area (Å²) in [6.45, 7) is 4.43. The molecule has 122 valence electrons. The van der Waals surface area contributed by atoms with Gasteiger partial charge in [0, 0.05) is 12.2 Å². The van der Waals surface area contributed by atoms with Crippen molar-refractivity contribution in [1.29, 1.82) is 0 Å². The molecule has 6 heteroatoms. The topological polar surface area (TPSA) is 48.3 Å². The SMILES string of the molecule is CC(C)OC(=O)C1CCCn2c(C(=O)c3ccc(Cl)s3)ccc21. The van der Waals surface area contributed by atoms with E-state index in [-0.39, 0.29) is 23.8 Å². The number of carbonyl (C=O) groups is 2. The first-order chi connectivity index (χ1) is 11.0. The van der Waals surface area contributed by atoms with Gasteiger partial charge in [-0.3, -0.25) is 9.59 Å². The molecule has 0 bridgehead atoms. The molecule has 0 amide bonds. The lowest BCUT2D eigenvalue weighted by atomic mass is 9.96. The van der Waals surface area contributed by atoms with Gasteiger partial charge in [-0.05, 0) is 51.0 Å². The number of esters is 1. The fourth-order valence-electron chi connectivity index (χ4n) is 2.95. The Labute approximate surface area is 144 Å². The number of nitrogens with zero attached hydrogens (tertiary/aromatic N) is 1. The lowest BCUT2D eigenvalue weighted by Crippen LogP contribution is -2.26. The van der Waals surface area contributed by atoms with Gasteiger partial charge in [0.05, 0.1) is 26.9 Å². The molecule has 23 heavy (non-hydrogen) atoms. The second-order valence-corrected chi connectivity index (χ2v) is 7.62.